The van der Waals surface area contributed by atoms with Crippen molar-refractivity contribution in [3.05, 3.63) is 59.2 Å². The summed E-state index contributed by atoms with van der Waals surface area (Å²) in [5, 5.41) is 3.31. The van der Waals surface area contributed by atoms with Crippen molar-refractivity contribution < 1.29 is 14.3 Å². The van der Waals surface area contributed by atoms with Gasteiger partial charge in [0, 0.05) is 17.8 Å². The summed E-state index contributed by atoms with van der Waals surface area (Å²) < 4.78 is 10.0. The largest absolute Gasteiger partial charge is 0.496 e. The molecule has 0 spiro atoms. The van der Waals surface area contributed by atoms with E-state index in [2.05, 4.69) is 16.1 Å². The minimum absolute atomic E-state index is 0.332. The zero-order chi connectivity index (χ0) is 15.2. The second-order valence-corrected chi connectivity index (χ2v) is 4.74. The smallest absolute Gasteiger partial charge is 0.337 e. The number of esters is 1. The van der Waals surface area contributed by atoms with Crippen LogP contribution < -0.4 is 10.1 Å². The van der Waals surface area contributed by atoms with Crippen LogP contribution in [0.25, 0.3) is 0 Å². The van der Waals surface area contributed by atoms with Crippen molar-refractivity contribution in [2.75, 3.05) is 19.5 Å². The van der Waals surface area contributed by atoms with Crippen LogP contribution in [0.2, 0.25) is 0 Å². The van der Waals surface area contributed by atoms with Gasteiger partial charge in [-0.1, -0.05) is 17.7 Å². The molecule has 0 aromatic heterocycles. The standard InChI is InChI=1S/C17H19NO3/c1-12-4-9-16(20-2)14(10-12)11-18-15-7-5-13(6-8-15)17(19)21-3/h4-10,18H,11H2,1-3H3. The minimum atomic E-state index is -0.332. The molecule has 1 N–H and O–H groups in total. The molecule has 0 amide bonds. The van der Waals surface area contributed by atoms with Gasteiger partial charge in [-0.2, -0.15) is 0 Å². The van der Waals surface area contributed by atoms with E-state index in [1.807, 2.05) is 31.2 Å². The number of rotatable bonds is 5. The van der Waals surface area contributed by atoms with Gasteiger partial charge in [0.1, 0.15) is 5.75 Å². The van der Waals surface area contributed by atoms with Gasteiger partial charge >= 0.3 is 5.97 Å². The van der Waals surface area contributed by atoms with E-state index < -0.39 is 0 Å². The Labute approximate surface area is 124 Å². The zero-order valence-electron chi connectivity index (χ0n) is 12.5. The molecule has 4 nitrogen and oxygen atoms in total. The van der Waals surface area contributed by atoms with Gasteiger partial charge in [0.25, 0.3) is 0 Å². The lowest BCUT2D eigenvalue weighted by molar-refractivity contribution is 0.0601. The fourth-order valence-corrected chi connectivity index (χ4v) is 2.08. The molecule has 0 saturated heterocycles. The first-order valence-corrected chi connectivity index (χ1v) is 6.70. The Morgan fingerprint density at radius 3 is 2.43 bits per heavy atom. The molecule has 0 heterocycles. The van der Waals surface area contributed by atoms with Gasteiger partial charge in [0.05, 0.1) is 19.8 Å². The lowest BCUT2D eigenvalue weighted by Crippen LogP contribution is -2.04. The molecule has 0 fully saturated rings. The summed E-state index contributed by atoms with van der Waals surface area (Å²) in [6.07, 6.45) is 0. The van der Waals surface area contributed by atoms with E-state index >= 15 is 0 Å². The number of benzene rings is 2. The van der Waals surface area contributed by atoms with E-state index in [-0.39, 0.29) is 5.97 Å². The van der Waals surface area contributed by atoms with Crippen molar-refractivity contribution in [2.24, 2.45) is 0 Å². The van der Waals surface area contributed by atoms with Crippen molar-refractivity contribution >= 4 is 11.7 Å². The molecule has 0 atom stereocenters. The van der Waals surface area contributed by atoms with E-state index in [0.29, 0.717) is 12.1 Å². The highest BCUT2D eigenvalue weighted by Gasteiger charge is 2.05. The molecule has 0 bridgehead atoms. The Kier molecular flexibility index (Phi) is 4.82. The fourth-order valence-electron chi connectivity index (χ4n) is 2.08. The second kappa shape index (κ2) is 6.79. The van der Waals surface area contributed by atoms with Gasteiger partial charge in [-0.15, -0.1) is 0 Å². The maximum atomic E-state index is 11.4. The van der Waals surface area contributed by atoms with Crippen LogP contribution in [0.15, 0.2) is 42.5 Å². The molecule has 4 heteroatoms. The number of ether oxygens (including phenoxy) is 2. The van der Waals surface area contributed by atoms with E-state index in [0.717, 1.165) is 17.0 Å². The fraction of sp³-hybridized carbons (Fsp3) is 0.235. The summed E-state index contributed by atoms with van der Waals surface area (Å²) in [6.45, 7) is 2.70. The number of methoxy groups -OCH3 is 2. The van der Waals surface area contributed by atoms with Crippen LogP contribution >= 0.6 is 0 Å². The summed E-state index contributed by atoms with van der Waals surface area (Å²) >= 11 is 0. The van der Waals surface area contributed by atoms with E-state index in [1.165, 1.54) is 12.7 Å². The Morgan fingerprint density at radius 2 is 1.81 bits per heavy atom. The van der Waals surface area contributed by atoms with Crippen molar-refractivity contribution in [3.63, 3.8) is 0 Å². The lowest BCUT2D eigenvalue weighted by Gasteiger charge is -2.11. The average Bonchev–Trinajstić information content (AvgIpc) is 2.52. The van der Waals surface area contributed by atoms with Gasteiger partial charge in [0.15, 0.2) is 0 Å². The van der Waals surface area contributed by atoms with Gasteiger partial charge in [0.2, 0.25) is 0 Å². The SMILES string of the molecule is COC(=O)c1ccc(NCc2cc(C)ccc2OC)cc1. The molecule has 0 radical (unpaired) electrons. The Bertz CT molecular complexity index is 620. The van der Waals surface area contributed by atoms with E-state index in [9.17, 15) is 4.79 Å². The number of nitrogens with one attached hydrogen (secondary N) is 1. The van der Waals surface area contributed by atoms with Crippen molar-refractivity contribution in [1.29, 1.82) is 0 Å². The number of aryl methyl sites for hydroxylation is 1. The molecule has 2 aromatic rings. The predicted molar refractivity (Wildman–Crippen MR) is 82.8 cm³/mol. The summed E-state index contributed by atoms with van der Waals surface area (Å²) in [7, 11) is 3.04. The Balaban J connectivity index is 2.06. The topological polar surface area (TPSA) is 47.6 Å². The third kappa shape index (κ3) is 3.75. The van der Waals surface area contributed by atoms with Crippen LogP contribution in [-0.4, -0.2) is 20.2 Å². The quantitative estimate of drug-likeness (QED) is 0.855. The summed E-state index contributed by atoms with van der Waals surface area (Å²) in [6, 6.07) is 13.3. The molecular formula is C17H19NO3. The first kappa shape index (κ1) is 14.9. The van der Waals surface area contributed by atoms with Crippen LogP contribution in [0.5, 0.6) is 5.75 Å². The molecule has 21 heavy (non-hydrogen) atoms. The molecule has 0 unspecified atom stereocenters. The normalized spacial score (nSPS) is 10.0. The van der Waals surface area contributed by atoms with Crippen LogP contribution in [0.4, 0.5) is 5.69 Å². The molecule has 2 aromatic carbocycles. The summed E-state index contributed by atoms with van der Waals surface area (Å²) in [4.78, 5) is 11.4. The zero-order valence-corrected chi connectivity index (χ0v) is 12.5. The molecule has 2 rings (SSSR count). The third-order valence-electron chi connectivity index (χ3n) is 3.22. The first-order chi connectivity index (χ1) is 10.1. The highest BCUT2D eigenvalue weighted by molar-refractivity contribution is 5.89. The summed E-state index contributed by atoms with van der Waals surface area (Å²) in [5.74, 6) is 0.529. The van der Waals surface area contributed by atoms with Crippen LogP contribution in [0.3, 0.4) is 0 Å². The third-order valence-corrected chi connectivity index (χ3v) is 3.22. The highest BCUT2D eigenvalue weighted by atomic mass is 16.5. The highest BCUT2D eigenvalue weighted by Crippen LogP contribution is 2.21. The second-order valence-electron chi connectivity index (χ2n) is 4.74. The Hall–Kier alpha value is -2.49. The number of anilines is 1. The van der Waals surface area contributed by atoms with Crippen LogP contribution in [-0.2, 0) is 11.3 Å². The molecular weight excluding hydrogens is 266 g/mol. The van der Waals surface area contributed by atoms with Crippen molar-refractivity contribution in [2.45, 2.75) is 13.5 Å². The maximum absolute atomic E-state index is 11.4. The van der Waals surface area contributed by atoms with Gasteiger partial charge in [-0.3, -0.25) is 0 Å². The van der Waals surface area contributed by atoms with Gasteiger partial charge < -0.3 is 14.8 Å². The first-order valence-electron chi connectivity index (χ1n) is 6.70. The van der Waals surface area contributed by atoms with Crippen LogP contribution in [0.1, 0.15) is 21.5 Å². The van der Waals surface area contributed by atoms with E-state index in [4.69, 9.17) is 4.74 Å². The average molecular weight is 285 g/mol. The number of hydrogen-bond acceptors (Lipinski definition) is 4. The molecule has 110 valence electrons. The van der Waals surface area contributed by atoms with Gasteiger partial charge in [-0.05, 0) is 37.3 Å². The molecule has 0 aliphatic rings. The molecule has 0 aliphatic heterocycles. The number of carbonyl (C=O) groups is 1. The molecule has 0 saturated carbocycles. The monoisotopic (exact) mass is 285 g/mol. The van der Waals surface area contributed by atoms with E-state index in [1.54, 1.807) is 19.2 Å². The van der Waals surface area contributed by atoms with Crippen molar-refractivity contribution in [1.82, 2.24) is 0 Å². The summed E-state index contributed by atoms with van der Waals surface area (Å²) in [5.41, 5.74) is 3.76. The molecule has 0 aliphatic carbocycles. The Morgan fingerprint density at radius 1 is 1.10 bits per heavy atom. The van der Waals surface area contributed by atoms with Crippen molar-refractivity contribution in [3.8, 4) is 5.75 Å². The minimum Gasteiger partial charge on any atom is -0.496 e. The predicted octanol–water partition coefficient (Wildman–Crippen LogP) is 3.40. The van der Waals surface area contributed by atoms with Gasteiger partial charge in [-0.25, -0.2) is 4.79 Å². The number of carbonyl (C=O) groups excluding carboxylic acids is 1. The lowest BCUT2D eigenvalue weighted by atomic mass is 10.1. The number of hydrogen-bond donors (Lipinski definition) is 1. The maximum Gasteiger partial charge on any atom is 0.337 e. The van der Waals surface area contributed by atoms with Crippen LogP contribution in [0, 0.1) is 6.92 Å².